The Morgan fingerprint density at radius 2 is 1.84 bits per heavy atom. The summed E-state index contributed by atoms with van der Waals surface area (Å²) < 4.78 is 9.47. The fraction of sp³-hybridized carbons (Fsp3) is 0.520. The third kappa shape index (κ3) is 7.78. The fourth-order valence-electron chi connectivity index (χ4n) is 3.49. The van der Waals surface area contributed by atoms with Crippen molar-refractivity contribution in [3.05, 3.63) is 51.7 Å². The Bertz CT molecular complexity index is 815. The molecule has 1 aliphatic rings. The van der Waals surface area contributed by atoms with Gasteiger partial charge in [-0.2, -0.15) is 0 Å². The van der Waals surface area contributed by atoms with Crippen LogP contribution in [-0.2, 0) is 27.3 Å². The molecule has 1 unspecified atom stereocenters. The Kier molecular flexibility index (Phi) is 10.7. The molecule has 0 aliphatic carbocycles. The minimum absolute atomic E-state index is 0.189. The average molecular weight is 446 g/mol. The van der Waals surface area contributed by atoms with Gasteiger partial charge in [0.15, 0.2) is 0 Å². The van der Waals surface area contributed by atoms with Crippen molar-refractivity contribution in [2.75, 3.05) is 25.7 Å². The van der Waals surface area contributed by atoms with Gasteiger partial charge in [-0.05, 0) is 49.1 Å². The number of carbonyl (C=O) groups is 2. The lowest BCUT2D eigenvalue weighted by Crippen LogP contribution is -2.25. The van der Waals surface area contributed by atoms with Crippen LogP contribution in [0.1, 0.15) is 66.1 Å². The van der Waals surface area contributed by atoms with Crippen molar-refractivity contribution in [1.29, 1.82) is 0 Å². The summed E-state index contributed by atoms with van der Waals surface area (Å²) in [5.74, 6) is 0.173. The normalized spacial score (nSPS) is 15.5. The lowest BCUT2D eigenvalue weighted by Gasteiger charge is -2.16. The molecule has 1 aromatic carbocycles. The number of ether oxygens (including phenoxy) is 2. The first-order valence-electron chi connectivity index (χ1n) is 11.1. The average Bonchev–Trinajstić information content (AvgIpc) is 3.39. The molecule has 1 saturated heterocycles. The first kappa shape index (κ1) is 25.1. The number of carbonyl (C=O) groups excluding carboxylic acids is 2. The highest BCUT2D eigenvalue weighted by Crippen LogP contribution is 2.25. The summed E-state index contributed by atoms with van der Waals surface area (Å²) in [6.07, 6.45) is 7.35. The van der Waals surface area contributed by atoms with Crippen molar-refractivity contribution < 1.29 is 19.1 Å². The van der Waals surface area contributed by atoms with E-state index in [9.17, 15) is 9.59 Å². The molecule has 6 heteroatoms. The highest BCUT2D eigenvalue weighted by atomic mass is 32.1. The highest BCUT2D eigenvalue weighted by Gasteiger charge is 2.28. The van der Waals surface area contributed by atoms with Gasteiger partial charge in [0.25, 0.3) is 0 Å². The number of esters is 1. The molecule has 2 aromatic rings. The molecule has 1 aromatic heterocycles. The van der Waals surface area contributed by atoms with E-state index in [1.807, 2.05) is 17.9 Å². The molecule has 1 atom stereocenters. The second-order valence-corrected chi connectivity index (χ2v) is 9.02. The van der Waals surface area contributed by atoms with Crippen LogP contribution in [0.15, 0.2) is 36.4 Å². The van der Waals surface area contributed by atoms with Crippen LogP contribution in [-0.4, -0.2) is 32.6 Å². The van der Waals surface area contributed by atoms with Gasteiger partial charge in [0.2, 0.25) is 5.91 Å². The zero-order valence-corrected chi connectivity index (χ0v) is 20.0. The van der Waals surface area contributed by atoms with Gasteiger partial charge in [0, 0.05) is 30.1 Å². The van der Waals surface area contributed by atoms with Gasteiger partial charge in [-0.25, -0.2) is 4.79 Å². The number of hydrogen-bond acceptors (Lipinski definition) is 5. The maximum atomic E-state index is 12.0. The van der Waals surface area contributed by atoms with Crippen molar-refractivity contribution >= 4 is 28.9 Å². The topological polar surface area (TPSA) is 55.8 Å². The van der Waals surface area contributed by atoms with E-state index in [1.165, 1.54) is 49.7 Å². The largest absolute Gasteiger partial charge is 0.465 e. The lowest BCUT2D eigenvalue weighted by molar-refractivity contribution is -0.119. The standard InChI is InChI=1S/C17H25NO.C8H10O3S/c1-3-4-5-6-7-15-8-10-16(11-9-15)18-13-12-14(2)17(18)19;1-10-5-6-3-4-7(12-6)8(9)11-2/h8-11,14H,3-7,12-13H2,1-2H3;3-4H,5H2,1-2H3. The summed E-state index contributed by atoms with van der Waals surface area (Å²) in [6.45, 7) is 5.67. The van der Waals surface area contributed by atoms with Crippen molar-refractivity contribution in [2.24, 2.45) is 5.92 Å². The van der Waals surface area contributed by atoms with Crippen molar-refractivity contribution in [3.63, 3.8) is 0 Å². The summed E-state index contributed by atoms with van der Waals surface area (Å²) in [5.41, 5.74) is 2.45. The molecule has 3 rings (SSSR count). The molecule has 170 valence electrons. The SMILES string of the molecule is CCCCCCc1ccc(N2CCC(C)C2=O)cc1.COCc1ccc(C(=O)OC)s1. The Labute approximate surface area is 190 Å². The molecule has 31 heavy (non-hydrogen) atoms. The van der Waals surface area contributed by atoms with Crippen LogP contribution < -0.4 is 4.90 Å². The number of nitrogens with zero attached hydrogens (tertiary/aromatic N) is 1. The van der Waals surface area contributed by atoms with E-state index in [2.05, 4.69) is 35.9 Å². The molecule has 0 N–H and O–H groups in total. The summed E-state index contributed by atoms with van der Waals surface area (Å²) in [4.78, 5) is 26.5. The zero-order valence-electron chi connectivity index (χ0n) is 19.2. The Morgan fingerprint density at radius 3 is 2.42 bits per heavy atom. The van der Waals surface area contributed by atoms with Gasteiger partial charge in [-0.15, -0.1) is 11.3 Å². The molecule has 1 fully saturated rings. The lowest BCUT2D eigenvalue weighted by atomic mass is 10.1. The molecular weight excluding hydrogens is 410 g/mol. The number of methoxy groups -OCH3 is 2. The number of amides is 1. The van der Waals surface area contributed by atoms with Crippen molar-refractivity contribution in [2.45, 2.75) is 59.0 Å². The summed E-state index contributed by atoms with van der Waals surface area (Å²) in [5, 5.41) is 0. The molecular formula is C25H35NO4S. The minimum Gasteiger partial charge on any atom is -0.465 e. The third-order valence-corrected chi connectivity index (χ3v) is 6.41. The monoisotopic (exact) mass is 445 g/mol. The molecule has 2 heterocycles. The van der Waals surface area contributed by atoms with Gasteiger partial charge in [-0.3, -0.25) is 4.79 Å². The summed E-state index contributed by atoms with van der Waals surface area (Å²) in [7, 11) is 3.00. The van der Waals surface area contributed by atoms with Crippen LogP contribution >= 0.6 is 11.3 Å². The van der Waals surface area contributed by atoms with Crippen LogP contribution in [0.25, 0.3) is 0 Å². The van der Waals surface area contributed by atoms with Gasteiger partial charge in [0.05, 0.1) is 13.7 Å². The first-order chi connectivity index (χ1) is 15.0. The van der Waals surface area contributed by atoms with Crippen LogP contribution in [0.5, 0.6) is 0 Å². The van der Waals surface area contributed by atoms with E-state index in [0.29, 0.717) is 11.5 Å². The van der Waals surface area contributed by atoms with Crippen molar-refractivity contribution in [1.82, 2.24) is 0 Å². The number of aryl methyl sites for hydroxylation is 1. The van der Waals surface area contributed by atoms with E-state index >= 15 is 0 Å². The number of unbranched alkanes of at least 4 members (excludes halogenated alkanes) is 3. The van der Waals surface area contributed by atoms with Crippen LogP contribution in [0.4, 0.5) is 5.69 Å². The van der Waals surface area contributed by atoms with Crippen LogP contribution in [0, 0.1) is 5.92 Å². The fourth-order valence-corrected chi connectivity index (χ4v) is 4.38. The molecule has 5 nitrogen and oxygen atoms in total. The third-order valence-electron chi connectivity index (χ3n) is 5.38. The van der Waals surface area contributed by atoms with E-state index in [4.69, 9.17) is 4.74 Å². The van der Waals surface area contributed by atoms with Gasteiger partial charge in [0.1, 0.15) is 4.88 Å². The molecule has 0 spiro atoms. The molecule has 0 saturated carbocycles. The Hall–Kier alpha value is -2.18. The Morgan fingerprint density at radius 1 is 1.10 bits per heavy atom. The maximum Gasteiger partial charge on any atom is 0.348 e. The van der Waals surface area contributed by atoms with Gasteiger partial charge < -0.3 is 14.4 Å². The van der Waals surface area contributed by atoms with Gasteiger partial charge >= 0.3 is 5.97 Å². The number of thiophene rings is 1. The predicted molar refractivity (Wildman–Crippen MR) is 127 cm³/mol. The maximum absolute atomic E-state index is 12.0. The number of hydrogen-bond donors (Lipinski definition) is 0. The summed E-state index contributed by atoms with van der Waals surface area (Å²) >= 11 is 1.39. The summed E-state index contributed by atoms with van der Waals surface area (Å²) in [6, 6.07) is 12.2. The van der Waals surface area contributed by atoms with Crippen molar-refractivity contribution in [3.8, 4) is 0 Å². The number of rotatable bonds is 9. The highest BCUT2D eigenvalue weighted by molar-refractivity contribution is 7.13. The van der Waals surface area contributed by atoms with Crippen LogP contribution in [0.2, 0.25) is 0 Å². The van der Waals surface area contributed by atoms with Crippen LogP contribution in [0.3, 0.4) is 0 Å². The quantitative estimate of drug-likeness (QED) is 0.358. The Balaban J connectivity index is 0.000000245. The molecule has 1 amide bonds. The van der Waals surface area contributed by atoms with Gasteiger partial charge in [-0.1, -0.05) is 45.2 Å². The second-order valence-electron chi connectivity index (χ2n) is 7.85. The molecule has 0 radical (unpaired) electrons. The second kappa shape index (κ2) is 13.3. The first-order valence-corrected chi connectivity index (χ1v) is 11.9. The van der Waals surface area contributed by atoms with E-state index in [0.717, 1.165) is 30.0 Å². The number of benzene rings is 1. The molecule has 0 bridgehead atoms. The van der Waals surface area contributed by atoms with E-state index < -0.39 is 0 Å². The molecule has 1 aliphatic heterocycles. The number of anilines is 1. The predicted octanol–water partition coefficient (Wildman–Crippen LogP) is 5.86. The zero-order chi connectivity index (χ0) is 22.6. The smallest absolute Gasteiger partial charge is 0.348 e. The minimum atomic E-state index is -0.289. The van der Waals surface area contributed by atoms with E-state index in [-0.39, 0.29) is 17.8 Å². The van der Waals surface area contributed by atoms with E-state index in [1.54, 1.807) is 13.2 Å².